The summed E-state index contributed by atoms with van der Waals surface area (Å²) in [5, 5.41) is 10.2. The van der Waals surface area contributed by atoms with Crippen molar-refractivity contribution in [1.82, 2.24) is 15.2 Å². The van der Waals surface area contributed by atoms with E-state index in [1.807, 2.05) is 54.6 Å². The van der Waals surface area contributed by atoms with Crippen LogP contribution in [0.5, 0.6) is 5.75 Å². The maximum atomic E-state index is 6.39. The summed E-state index contributed by atoms with van der Waals surface area (Å²) in [6.07, 6.45) is 0. The number of aromatic nitrogens is 3. The molecule has 2 aromatic carbocycles. The van der Waals surface area contributed by atoms with Crippen LogP contribution < -0.4 is 10.5 Å². The third-order valence-corrected chi connectivity index (χ3v) is 5.46. The van der Waals surface area contributed by atoms with E-state index in [2.05, 4.69) is 10.2 Å². The van der Waals surface area contributed by atoms with Crippen molar-refractivity contribution in [2.45, 2.75) is 0 Å². The summed E-state index contributed by atoms with van der Waals surface area (Å²) < 4.78 is 11.2. The van der Waals surface area contributed by atoms with E-state index in [1.165, 1.54) is 11.3 Å². The van der Waals surface area contributed by atoms with Gasteiger partial charge in [-0.1, -0.05) is 18.2 Å². The van der Waals surface area contributed by atoms with Gasteiger partial charge in [-0.3, -0.25) is 0 Å². The summed E-state index contributed by atoms with van der Waals surface area (Å²) in [5.41, 5.74) is 8.73. The smallest absolute Gasteiger partial charge is 0.260 e. The minimum absolute atomic E-state index is 0.399. The predicted molar refractivity (Wildman–Crippen MR) is 107 cm³/mol. The minimum atomic E-state index is 0.399. The van der Waals surface area contributed by atoms with Gasteiger partial charge in [0.1, 0.15) is 15.5 Å². The molecule has 0 saturated carbocycles. The Labute approximate surface area is 158 Å². The van der Waals surface area contributed by atoms with Crippen LogP contribution >= 0.6 is 11.3 Å². The maximum Gasteiger partial charge on any atom is 0.260 e. The van der Waals surface area contributed by atoms with Crippen molar-refractivity contribution < 1.29 is 9.15 Å². The van der Waals surface area contributed by atoms with Crippen molar-refractivity contribution >= 4 is 38.1 Å². The molecule has 0 fully saturated rings. The summed E-state index contributed by atoms with van der Waals surface area (Å²) >= 11 is 1.45. The first-order chi connectivity index (χ1) is 13.2. The summed E-state index contributed by atoms with van der Waals surface area (Å²) in [7, 11) is 1.64. The van der Waals surface area contributed by atoms with Gasteiger partial charge in [0.15, 0.2) is 0 Å². The molecule has 0 spiro atoms. The van der Waals surface area contributed by atoms with E-state index in [-0.39, 0.29) is 0 Å². The van der Waals surface area contributed by atoms with E-state index in [9.17, 15) is 0 Å². The van der Waals surface area contributed by atoms with Crippen LogP contribution in [-0.4, -0.2) is 22.3 Å². The first-order valence-electron chi connectivity index (χ1n) is 8.29. The first kappa shape index (κ1) is 15.8. The number of methoxy groups -OCH3 is 1. The van der Waals surface area contributed by atoms with Crippen LogP contribution in [0, 0.1) is 0 Å². The lowest BCUT2D eigenvalue weighted by atomic mass is 10.1. The molecule has 0 amide bonds. The van der Waals surface area contributed by atoms with Crippen molar-refractivity contribution in [3.8, 4) is 28.0 Å². The van der Waals surface area contributed by atoms with E-state index in [0.717, 1.165) is 37.3 Å². The van der Waals surface area contributed by atoms with Gasteiger partial charge < -0.3 is 14.9 Å². The van der Waals surface area contributed by atoms with Gasteiger partial charge in [-0.25, -0.2) is 4.98 Å². The Morgan fingerprint density at radius 2 is 1.81 bits per heavy atom. The normalized spacial score (nSPS) is 11.3. The molecule has 0 radical (unpaired) electrons. The lowest BCUT2D eigenvalue weighted by molar-refractivity contribution is 0.415. The molecule has 0 atom stereocenters. The molecule has 0 aliphatic carbocycles. The lowest BCUT2D eigenvalue weighted by Gasteiger charge is -2.02. The molecule has 2 N–H and O–H groups in total. The Balaban J connectivity index is 1.64. The Bertz CT molecular complexity index is 1280. The van der Waals surface area contributed by atoms with Crippen molar-refractivity contribution in [3.63, 3.8) is 0 Å². The highest BCUT2D eigenvalue weighted by atomic mass is 32.1. The molecule has 27 heavy (non-hydrogen) atoms. The van der Waals surface area contributed by atoms with E-state index in [4.69, 9.17) is 19.9 Å². The monoisotopic (exact) mass is 374 g/mol. The molecule has 0 aliphatic heterocycles. The quantitative estimate of drug-likeness (QED) is 0.490. The van der Waals surface area contributed by atoms with Crippen LogP contribution in [0.4, 0.5) is 5.69 Å². The zero-order chi connectivity index (χ0) is 18.4. The fourth-order valence-electron chi connectivity index (χ4n) is 2.98. The maximum absolute atomic E-state index is 6.39. The first-order valence-corrected chi connectivity index (χ1v) is 9.10. The van der Waals surface area contributed by atoms with E-state index in [1.54, 1.807) is 7.11 Å². The molecule has 3 heterocycles. The average molecular weight is 374 g/mol. The zero-order valence-electron chi connectivity index (χ0n) is 14.3. The van der Waals surface area contributed by atoms with Crippen molar-refractivity contribution in [2.24, 2.45) is 0 Å². The number of benzene rings is 2. The number of nitrogen functional groups attached to an aromatic ring is 1. The van der Waals surface area contributed by atoms with Crippen molar-refractivity contribution in [3.05, 3.63) is 54.6 Å². The highest BCUT2D eigenvalue weighted by Crippen LogP contribution is 2.41. The molecule has 0 bridgehead atoms. The number of thiophene rings is 1. The van der Waals surface area contributed by atoms with Crippen molar-refractivity contribution in [1.29, 1.82) is 0 Å². The second-order valence-corrected chi connectivity index (χ2v) is 7.02. The van der Waals surface area contributed by atoms with Crippen LogP contribution in [-0.2, 0) is 0 Å². The van der Waals surface area contributed by atoms with Gasteiger partial charge in [-0.2, -0.15) is 0 Å². The van der Waals surface area contributed by atoms with Crippen molar-refractivity contribution in [2.75, 3.05) is 12.8 Å². The van der Waals surface area contributed by atoms with Gasteiger partial charge in [-0.05, 0) is 36.4 Å². The second kappa shape index (κ2) is 6.07. The molecule has 5 rings (SSSR count). The lowest BCUT2D eigenvalue weighted by Crippen LogP contribution is -1.87. The molecule has 5 aromatic rings. The number of nitrogens with zero attached hydrogens (tertiary/aromatic N) is 3. The molecule has 6 nitrogen and oxygen atoms in total. The Morgan fingerprint density at radius 1 is 1.00 bits per heavy atom. The summed E-state index contributed by atoms with van der Waals surface area (Å²) in [5.74, 6) is 1.64. The van der Waals surface area contributed by atoms with E-state index in [0.29, 0.717) is 17.5 Å². The highest BCUT2D eigenvalue weighted by Gasteiger charge is 2.19. The number of anilines is 1. The Morgan fingerprint density at radius 3 is 2.63 bits per heavy atom. The number of hydrogen-bond donors (Lipinski definition) is 1. The largest absolute Gasteiger partial charge is 0.497 e. The zero-order valence-corrected chi connectivity index (χ0v) is 15.2. The average Bonchev–Trinajstić information content (AvgIpc) is 3.32. The number of hydrogen-bond acceptors (Lipinski definition) is 7. The van der Waals surface area contributed by atoms with Gasteiger partial charge in [0.05, 0.1) is 18.3 Å². The molecule has 0 saturated heterocycles. The highest BCUT2D eigenvalue weighted by molar-refractivity contribution is 7.22. The minimum Gasteiger partial charge on any atom is -0.497 e. The Hall–Kier alpha value is -3.45. The fraction of sp³-hybridized carbons (Fsp3) is 0.0500. The van der Waals surface area contributed by atoms with Gasteiger partial charge in [0, 0.05) is 16.3 Å². The number of ether oxygens (including phenoxy) is 1. The number of rotatable bonds is 3. The standard InChI is InChI=1S/C20H14N4O2S/c1-25-13-7-8-15-12(9-13)10-14-16(21)17(27-20(14)22-15)19-24-23-18(26-19)11-5-3-2-4-6-11/h2-10H,21H2,1H3. The molecule has 7 heteroatoms. The molecule has 0 aliphatic rings. The molecule has 3 aromatic heterocycles. The molecular weight excluding hydrogens is 360 g/mol. The van der Waals surface area contributed by atoms with Gasteiger partial charge >= 0.3 is 0 Å². The number of fused-ring (bicyclic) bond motifs is 2. The topological polar surface area (TPSA) is 87.1 Å². The summed E-state index contributed by atoms with van der Waals surface area (Å²) in [4.78, 5) is 6.28. The third-order valence-electron chi connectivity index (χ3n) is 4.36. The van der Waals surface area contributed by atoms with Gasteiger partial charge in [0.2, 0.25) is 5.89 Å². The third kappa shape index (κ3) is 2.60. The van der Waals surface area contributed by atoms with Crippen LogP contribution in [0.1, 0.15) is 0 Å². The van der Waals surface area contributed by atoms with E-state index < -0.39 is 0 Å². The number of pyridine rings is 1. The Kier molecular flexibility index (Phi) is 3.54. The van der Waals surface area contributed by atoms with Crippen LogP contribution in [0.3, 0.4) is 0 Å². The molecule has 0 unspecified atom stereocenters. The SMILES string of the molecule is COc1ccc2nc3sc(-c4nnc(-c5ccccc5)o4)c(N)c3cc2c1. The molecular formula is C20H14N4O2S. The van der Waals surface area contributed by atoms with E-state index >= 15 is 0 Å². The summed E-state index contributed by atoms with van der Waals surface area (Å²) in [6.45, 7) is 0. The van der Waals surface area contributed by atoms with Crippen LogP contribution in [0.25, 0.3) is 43.3 Å². The van der Waals surface area contributed by atoms with Gasteiger partial charge in [0.25, 0.3) is 5.89 Å². The number of nitrogens with two attached hydrogens (primary N) is 1. The van der Waals surface area contributed by atoms with Crippen LogP contribution in [0.15, 0.2) is 59.0 Å². The molecule has 132 valence electrons. The van der Waals surface area contributed by atoms with Crippen LogP contribution in [0.2, 0.25) is 0 Å². The second-order valence-electron chi connectivity index (χ2n) is 6.02. The fourth-order valence-corrected chi connectivity index (χ4v) is 3.99. The summed E-state index contributed by atoms with van der Waals surface area (Å²) in [6, 6.07) is 17.4. The predicted octanol–water partition coefficient (Wildman–Crippen LogP) is 4.76. The van der Waals surface area contributed by atoms with Gasteiger partial charge in [-0.15, -0.1) is 21.5 Å².